The zero-order valence-corrected chi connectivity index (χ0v) is 11.0. The number of pyridine rings is 1. The Morgan fingerprint density at radius 1 is 1.29 bits per heavy atom. The summed E-state index contributed by atoms with van der Waals surface area (Å²) in [5, 5.41) is 4.93. The molecule has 0 unspecified atom stereocenters. The topological polar surface area (TPSA) is 24.9 Å². The van der Waals surface area contributed by atoms with E-state index in [0.717, 1.165) is 30.5 Å². The number of hydrogen-bond donors (Lipinski definition) is 1. The molecule has 0 fully saturated rings. The molecular weight excluding hydrogens is 232 g/mol. The van der Waals surface area contributed by atoms with E-state index in [9.17, 15) is 0 Å². The largest absolute Gasteiger partial charge is 0.320 e. The van der Waals surface area contributed by atoms with Crippen molar-refractivity contribution in [3.8, 4) is 0 Å². The van der Waals surface area contributed by atoms with Crippen molar-refractivity contribution in [3.63, 3.8) is 0 Å². The van der Waals surface area contributed by atoms with Gasteiger partial charge in [-0.15, -0.1) is 0 Å². The smallest absolute Gasteiger partial charge is 0.132 e. The van der Waals surface area contributed by atoms with Gasteiger partial charge in [-0.1, -0.05) is 17.7 Å². The number of aromatic nitrogens is 1. The summed E-state index contributed by atoms with van der Waals surface area (Å²) in [4.78, 5) is 4.37. The van der Waals surface area contributed by atoms with Crippen LogP contribution in [0.1, 0.15) is 17.5 Å². The summed E-state index contributed by atoms with van der Waals surface area (Å²) in [6.45, 7) is 3.04. The van der Waals surface area contributed by atoms with E-state index in [2.05, 4.69) is 34.6 Å². The molecule has 0 amide bonds. The lowest BCUT2D eigenvalue weighted by Gasteiger charge is -2.05. The van der Waals surface area contributed by atoms with Gasteiger partial charge in [0.25, 0.3) is 0 Å². The molecule has 2 nitrogen and oxygen atoms in total. The van der Waals surface area contributed by atoms with Gasteiger partial charge in [-0.2, -0.15) is 0 Å². The Labute approximate surface area is 107 Å². The number of nitrogens with one attached hydrogen (secondary N) is 1. The second kappa shape index (κ2) is 5.48. The second-order valence-corrected chi connectivity index (χ2v) is 4.69. The van der Waals surface area contributed by atoms with E-state index in [1.54, 1.807) is 0 Å². The Hall–Kier alpha value is -1.12. The monoisotopic (exact) mass is 248 g/mol. The van der Waals surface area contributed by atoms with Crippen molar-refractivity contribution in [1.29, 1.82) is 0 Å². The molecule has 0 saturated heterocycles. The number of fused-ring (bicyclic) bond motifs is 1. The molecule has 0 aliphatic carbocycles. The van der Waals surface area contributed by atoms with Gasteiger partial charge in [0.2, 0.25) is 0 Å². The summed E-state index contributed by atoms with van der Waals surface area (Å²) in [6, 6.07) is 8.50. The summed E-state index contributed by atoms with van der Waals surface area (Å²) in [5.74, 6) is 0. The first kappa shape index (κ1) is 12.3. The minimum atomic E-state index is 0.598. The summed E-state index contributed by atoms with van der Waals surface area (Å²) < 4.78 is 0. The van der Waals surface area contributed by atoms with E-state index in [4.69, 9.17) is 11.6 Å². The predicted molar refractivity (Wildman–Crippen MR) is 73.7 cm³/mol. The molecular formula is C14H17ClN2. The predicted octanol–water partition coefficient (Wildman–Crippen LogP) is 3.35. The first-order valence-electron chi connectivity index (χ1n) is 5.91. The van der Waals surface area contributed by atoms with Crippen LogP contribution in [0, 0.1) is 6.92 Å². The molecule has 0 atom stereocenters. The lowest BCUT2D eigenvalue weighted by molar-refractivity contribution is 0.725. The molecule has 0 spiro atoms. The Morgan fingerprint density at radius 3 is 2.88 bits per heavy atom. The zero-order chi connectivity index (χ0) is 12.3. The zero-order valence-electron chi connectivity index (χ0n) is 10.3. The molecule has 0 aliphatic heterocycles. The molecule has 17 heavy (non-hydrogen) atoms. The molecule has 0 radical (unpaired) electrons. The highest BCUT2D eigenvalue weighted by Crippen LogP contribution is 2.21. The Morgan fingerprint density at radius 2 is 2.12 bits per heavy atom. The third-order valence-electron chi connectivity index (χ3n) is 2.90. The normalized spacial score (nSPS) is 11.0. The average molecular weight is 249 g/mol. The highest BCUT2D eigenvalue weighted by molar-refractivity contribution is 6.30. The van der Waals surface area contributed by atoms with E-state index in [-0.39, 0.29) is 0 Å². The summed E-state index contributed by atoms with van der Waals surface area (Å²) in [5.41, 5.74) is 3.36. The molecule has 0 saturated carbocycles. The van der Waals surface area contributed by atoms with Gasteiger partial charge in [-0.25, -0.2) is 4.98 Å². The molecule has 2 rings (SSSR count). The number of benzene rings is 1. The van der Waals surface area contributed by atoms with Crippen LogP contribution in [0.3, 0.4) is 0 Å². The Bertz CT molecular complexity index is 523. The SMILES string of the molecule is CNCCCc1ccc2nc(Cl)c(C)cc2c1. The summed E-state index contributed by atoms with van der Waals surface area (Å²) in [6.07, 6.45) is 2.25. The molecule has 1 heterocycles. The van der Waals surface area contributed by atoms with Crippen molar-refractivity contribution in [1.82, 2.24) is 10.3 Å². The van der Waals surface area contributed by atoms with Gasteiger partial charge in [0.05, 0.1) is 5.52 Å². The van der Waals surface area contributed by atoms with Crippen LogP contribution in [0.5, 0.6) is 0 Å². The maximum Gasteiger partial charge on any atom is 0.132 e. The fourth-order valence-corrected chi connectivity index (χ4v) is 2.08. The van der Waals surface area contributed by atoms with Gasteiger partial charge in [0, 0.05) is 5.39 Å². The summed E-state index contributed by atoms with van der Waals surface area (Å²) in [7, 11) is 1.98. The highest BCUT2D eigenvalue weighted by Gasteiger charge is 2.02. The van der Waals surface area contributed by atoms with Gasteiger partial charge in [0.1, 0.15) is 5.15 Å². The molecule has 90 valence electrons. The number of rotatable bonds is 4. The number of halogens is 1. The lowest BCUT2D eigenvalue weighted by atomic mass is 10.1. The maximum atomic E-state index is 6.01. The molecule has 0 bridgehead atoms. The van der Waals surface area contributed by atoms with E-state index >= 15 is 0 Å². The third-order valence-corrected chi connectivity index (χ3v) is 3.28. The second-order valence-electron chi connectivity index (χ2n) is 4.33. The van der Waals surface area contributed by atoms with Gasteiger partial charge in [-0.05, 0) is 62.7 Å². The molecule has 1 N–H and O–H groups in total. The molecule has 2 aromatic rings. The van der Waals surface area contributed by atoms with Gasteiger partial charge >= 0.3 is 0 Å². The molecule has 3 heteroatoms. The van der Waals surface area contributed by atoms with Crippen molar-refractivity contribution in [2.45, 2.75) is 19.8 Å². The molecule has 0 aliphatic rings. The van der Waals surface area contributed by atoms with Gasteiger partial charge in [0.15, 0.2) is 0 Å². The van der Waals surface area contributed by atoms with Crippen molar-refractivity contribution in [2.24, 2.45) is 0 Å². The van der Waals surface area contributed by atoms with Crippen LogP contribution in [0.25, 0.3) is 10.9 Å². The highest BCUT2D eigenvalue weighted by atomic mass is 35.5. The van der Waals surface area contributed by atoms with Crippen LogP contribution in [0.4, 0.5) is 0 Å². The van der Waals surface area contributed by atoms with Crippen molar-refractivity contribution in [2.75, 3.05) is 13.6 Å². The first-order valence-corrected chi connectivity index (χ1v) is 6.29. The van der Waals surface area contributed by atoms with E-state index in [1.807, 2.05) is 14.0 Å². The van der Waals surface area contributed by atoms with Gasteiger partial charge in [-0.3, -0.25) is 0 Å². The van der Waals surface area contributed by atoms with Crippen molar-refractivity contribution < 1.29 is 0 Å². The standard InChI is InChI=1S/C14H17ClN2/c1-10-8-12-9-11(4-3-7-16-2)5-6-13(12)17-14(10)15/h5-6,8-9,16H,3-4,7H2,1-2H3. The third kappa shape index (κ3) is 2.96. The van der Waals surface area contributed by atoms with Crippen LogP contribution in [0.15, 0.2) is 24.3 Å². The minimum Gasteiger partial charge on any atom is -0.320 e. The first-order chi connectivity index (χ1) is 8.20. The van der Waals surface area contributed by atoms with Crippen LogP contribution in [0.2, 0.25) is 5.15 Å². The van der Waals surface area contributed by atoms with Gasteiger partial charge < -0.3 is 5.32 Å². The fraction of sp³-hybridized carbons (Fsp3) is 0.357. The number of nitrogens with zero attached hydrogens (tertiary/aromatic N) is 1. The van der Waals surface area contributed by atoms with Crippen LogP contribution in [-0.4, -0.2) is 18.6 Å². The van der Waals surface area contributed by atoms with Crippen molar-refractivity contribution in [3.05, 3.63) is 40.5 Å². The fourth-order valence-electron chi connectivity index (χ4n) is 1.93. The minimum absolute atomic E-state index is 0.598. The Balaban J connectivity index is 2.27. The van der Waals surface area contributed by atoms with Crippen LogP contribution in [-0.2, 0) is 6.42 Å². The average Bonchev–Trinajstić information content (AvgIpc) is 2.31. The quantitative estimate of drug-likeness (QED) is 0.663. The maximum absolute atomic E-state index is 6.01. The van der Waals surface area contributed by atoms with E-state index < -0.39 is 0 Å². The Kier molecular flexibility index (Phi) is 3.97. The number of aryl methyl sites for hydroxylation is 2. The molecule has 1 aromatic carbocycles. The lowest BCUT2D eigenvalue weighted by Crippen LogP contribution is -2.08. The summed E-state index contributed by atoms with van der Waals surface area (Å²) >= 11 is 6.01. The van der Waals surface area contributed by atoms with Crippen molar-refractivity contribution >= 4 is 22.5 Å². The number of hydrogen-bond acceptors (Lipinski definition) is 2. The van der Waals surface area contributed by atoms with Crippen LogP contribution < -0.4 is 5.32 Å². The molecule has 1 aromatic heterocycles. The van der Waals surface area contributed by atoms with E-state index in [0.29, 0.717) is 5.15 Å². The van der Waals surface area contributed by atoms with Crippen LogP contribution >= 0.6 is 11.6 Å². The van der Waals surface area contributed by atoms with E-state index in [1.165, 1.54) is 10.9 Å².